The van der Waals surface area contributed by atoms with E-state index in [9.17, 15) is 14.4 Å². The van der Waals surface area contributed by atoms with Crippen molar-refractivity contribution in [2.45, 2.75) is 52.5 Å². The Morgan fingerprint density at radius 1 is 1.09 bits per heavy atom. The molecule has 0 saturated heterocycles. The topological polar surface area (TPSA) is 113 Å². The van der Waals surface area contributed by atoms with Crippen LogP contribution >= 0.6 is 0 Å². The first-order valence-corrected chi connectivity index (χ1v) is 11.9. The number of rotatable bonds is 1. The third-order valence-corrected chi connectivity index (χ3v) is 5.05. The summed E-state index contributed by atoms with van der Waals surface area (Å²) in [5.41, 5.74) is 0.839. The number of carbonyl (C=O) groups is 3. The molecule has 0 spiro atoms. The van der Waals surface area contributed by atoms with E-state index in [4.69, 9.17) is 4.74 Å². The molecule has 1 aromatic rings. The van der Waals surface area contributed by atoms with Gasteiger partial charge in [0.15, 0.2) is 0 Å². The maximum atomic E-state index is 12.8. The van der Waals surface area contributed by atoms with Gasteiger partial charge in [0, 0.05) is 26.3 Å². The molecule has 1 atom stereocenters. The van der Waals surface area contributed by atoms with Crippen LogP contribution in [0.4, 0.5) is 0 Å². The zero-order chi connectivity index (χ0) is 24.2. The molecule has 1 unspecified atom stereocenters. The minimum atomic E-state index is -0.354. The Kier molecular flexibility index (Phi) is 11.1. The van der Waals surface area contributed by atoms with Crippen molar-refractivity contribution < 1.29 is 19.1 Å². The average molecular weight is 462 g/mol. The summed E-state index contributed by atoms with van der Waals surface area (Å²) < 4.78 is 5.88. The van der Waals surface area contributed by atoms with Crippen molar-refractivity contribution in [3.05, 3.63) is 24.0 Å². The van der Waals surface area contributed by atoms with Crippen LogP contribution in [0.15, 0.2) is 18.3 Å². The SMILES string of the molecule is CC(C)C.CN1CC(=O)NCC(=O)NCCCc2ncccc2OCCNC(C2CC2)C1=O. The largest absolute Gasteiger partial charge is 0.490 e. The average Bonchev–Trinajstić information content (AvgIpc) is 3.60. The summed E-state index contributed by atoms with van der Waals surface area (Å²) in [7, 11) is 1.61. The molecule has 33 heavy (non-hydrogen) atoms. The zero-order valence-corrected chi connectivity index (χ0v) is 20.4. The Balaban J connectivity index is 0.000000890. The number of fused-ring (bicyclic) bond motifs is 1. The highest BCUT2D eigenvalue weighted by Gasteiger charge is 2.37. The molecule has 9 heteroatoms. The molecule has 3 rings (SSSR count). The Morgan fingerprint density at radius 3 is 2.52 bits per heavy atom. The number of aryl methyl sites for hydroxylation is 1. The molecule has 0 radical (unpaired) electrons. The number of hydrogen-bond donors (Lipinski definition) is 3. The molecule has 1 aliphatic heterocycles. The lowest BCUT2D eigenvalue weighted by atomic mass is 10.1. The van der Waals surface area contributed by atoms with Crippen LogP contribution in [0.3, 0.4) is 0 Å². The first kappa shape index (κ1) is 26.6. The zero-order valence-electron chi connectivity index (χ0n) is 20.4. The van der Waals surface area contributed by atoms with E-state index in [0.717, 1.165) is 30.2 Å². The van der Waals surface area contributed by atoms with E-state index in [2.05, 4.69) is 41.7 Å². The van der Waals surface area contributed by atoms with Gasteiger partial charge in [0.1, 0.15) is 12.4 Å². The number of hydrogen-bond acceptors (Lipinski definition) is 6. The summed E-state index contributed by atoms with van der Waals surface area (Å²) in [4.78, 5) is 42.5. The molecular weight excluding hydrogens is 422 g/mol. The Bertz CT molecular complexity index is 779. The van der Waals surface area contributed by atoms with E-state index in [1.54, 1.807) is 13.2 Å². The number of carbonyl (C=O) groups excluding carboxylic acids is 3. The van der Waals surface area contributed by atoms with Gasteiger partial charge in [-0.3, -0.25) is 19.4 Å². The maximum Gasteiger partial charge on any atom is 0.240 e. The Morgan fingerprint density at radius 2 is 1.82 bits per heavy atom. The van der Waals surface area contributed by atoms with Gasteiger partial charge in [-0.15, -0.1) is 0 Å². The van der Waals surface area contributed by atoms with Crippen molar-refractivity contribution in [1.82, 2.24) is 25.8 Å². The van der Waals surface area contributed by atoms with Crippen LogP contribution in [-0.4, -0.2) is 73.5 Å². The molecule has 1 aliphatic carbocycles. The van der Waals surface area contributed by atoms with Crippen LogP contribution in [0.2, 0.25) is 0 Å². The summed E-state index contributed by atoms with van der Waals surface area (Å²) >= 11 is 0. The fraction of sp³-hybridized carbons (Fsp3) is 0.667. The number of ether oxygens (including phenoxy) is 1. The van der Waals surface area contributed by atoms with Crippen LogP contribution in [0.25, 0.3) is 0 Å². The van der Waals surface area contributed by atoms with Crippen LogP contribution < -0.4 is 20.7 Å². The first-order chi connectivity index (χ1) is 15.8. The number of nitrogens with zero attached hydrogens (tertiary/aromatic N) is 2. The third-order valence-electron chi connectivity index (χ3n) is 5.05. The van der Waals surface area contributed by atoms with Gasteiger partial charge in [0.25, 0.3) is 0 Å². The smallest absolute Gasteiger partial charge is 0.240 e. The third kappa shape index (κ3) is 10.2. The monoisotopic (exact) mass is 461 g/mol. The van der Waals surface area contributed by atoms with Gasteiger partial charge < -0.3 is 25.6 Å². The molecule has 1 aromatic heterocycles. The number of pyridine rings is 1. The lowest BCUT2D eigenvalue weighted by molar-refractivity contribution is -0.137. The summed E-state index contributed by atoms with van der Waals surface area (Å²) in [6.07, 6.45) is 5.10. The van der Waals surface area contributed by atoms with Crippen LogP contribution in [-0.2, 0) is 20.8 Å². The molecule has 2 aliphatic rings. The summed E-state index contributed by atoms with van der Waals surface area (Å²) in [6.45, 7) is 7.73. The van der Waals surface area contributed by atoms with E-state index < -0.39 is 0 Å². The van der Waals surface area contributed by atoms with Crippen molar-refractivity contribution in [2.75, 3.05) is 39.8 Å². The van der Waals surface area contributed by atoms with E-state index in [-0.39, 0.29) is 36.9 Å². The molecule has 0 aromatic carbocycles. The molecular formula is C24H39N5O4. The molecule has 9 nitrogen and oxygen atoms in total. The predicted octanol–water partition coefficient (Wildman–Crippen LogP) is 1.13. The number of amides is 3. The molecule has 1 saturated carbocycles. The van der Waals surface area contributed by atoms with Crippen molar-refractivity contribution >= 4 is 17.7 Å². The minimum absolute atomic E-state index is 0.0768. The Labute approximate surface area is 197 Å². The quantitative estimate of drug-likeness (QED) is 0.578. The molecule has 184 valence electrons. The van der Waals surface area contributed by atoms with Gasteiger partial charge >= 0.3 is 0 Å². The normalized spacial score (nSPS) is 21.4. The van der Waals surface area contributed by atoms with Gasteiger partial charge in [-0.05, 0) is 49.7 Å². The van der Waals surface area contributed by atoms with Crippen LogP contribution in [0, 0.1) is 11.8 Å². The van der Waals surface area contributed by atoms with Crippen LogP contribution in [0.1, 0.15) is 45.7 Å². The van der Waals surface area contributed by atoms with Gasteiger partial charge in [-0.1, -0.05) is 20.8 Å². The Hall–Kier alpha value is -2.68. The fourth-order valence-electron chi connectivity index (χ4n) is 3.31. The molecule has 1 fully saturated rings. The van der Waals surface area contributed by atoms with Crippen molar-refractivity contribution in [3.63, 3.8) is 0 Å². The van der Waals surface area contributed by atoms with Gasteiger partial charge in [-0.2, -0.15) is 0 Å². The van der Waals surface area contributed by atoms with Gasteiger partial charge in [0.2, 0.25) is 17.7 Å². The highest BCUT2D eigenvalue weighted by atomic mass is 16.5. The van der Waals surface area contributed by atoms with Crippen molar-refractivity contribution in [2.24, 2.45) is 11.8 Å². The molecule has 2 heterocycles. The predicted molar refractivity (Wildman–Crippen MR) is 127 cm³/mol. The maximum absolute atomic E-state index is 12.8. The van der Waals surface area contributed by atoms with E-state index in [1.165, 1.54) is 4.90 Å². The highest BCUT2D eigenvalue weighted by molar-refractivity contribution is 5.89. The standard InChI is InChI=1S/C20H29N5O4.C4H10/c1-25-13-18(27)24-12-17(26)22-9-2-4-15-16(5-3-8-21-15)29-11-10-23-19(20(25)28)14-6-7-14;1-4(2)3/h3,5,8,14,19,23H,2,4,6-7,9-13H2,1H3,(H,22,26)(H,24,27);4H,1-3H3. The second-order valence-corrected chi connectivity index (χ2v) is 9.22. The van der Waals surface area contributed by atoms with E-state index >= 15 is 0 Å². The summed E-state index contributed by atoms with van der Waals surface area (Å²) in [5, 5.41) is 8.63. The van der Waals surface area contributed by atoms with Crippen LogP contribution in [0.5, 0.6) is 5.75 Å². The van der Waals surface area contributed by atoms with Gasteiger partial charge in [0.05, 0.1) is 24.8 Å². The molecule has 3 amide bonds. The lowest BCUT2D eigenvalue weighted by Gasteiger charge is -2.24. The number of aromatic nitrogens is 1. The first-order valence-electron chi connectivity index (χ1n) is 11.9. The van der Waals surface area contributed by atoms with E-state index in [0.29, 0.717) is 38.5 Å². The second kappa shape index (κ2) is 13.8. The van der Waals surface area contributed by atoms with E-state index in [1.807, 2.05) is 12.1 Å². The highest BCUT2D eigenvalue weighted by Crippen LogP contribution is 2.33. The van der Waals surface area contributed by atoms with Gasteiger partial charge in [-0.25, -0.2) is 0 Å². The van der Waals surface area contributed by atoms with Crippen molar-refractivity contribution in [1.29, 1.82) is 0 Å². The van der Waals surface area contributed by atoms with Crippen molar-refractivity contribution in [3.8, 4) is 5.75 Å². The second-order valence-electron chi connectivity index (χ2n) is 9.22. The minimum Gasteiger partial charge on any atom is -0.490 e. The molecule has 3 N–H and O–H groups in total. The number of nitrogens with one attached hydrogen (secondary N) is 3. The number of likely N-dealkylation sites (N-methyl/N-ethyl adjacent to an activating group) is 1. The summed E-state index contributed by atoms with van der Waals surface area (Å²) in [5.74, 6) is 1.12. The lowest BCUT2D eigenvalue weighted by Crippen LogP contribution is -2.50. The summed E-state index contributed by atoms with van der Waals surface area (Å²) in [6, 6.07) is 3.38. The fourth-order valence-corrected chi connectivity index (χ4v) is 3.31. The molecule has 0 bridgehead atoms.